The first-order chi connectivity index (χ1) is 13.1. The van der Waals surface area contributed by atoms with Crippen molar-refractivity contribution in [2.24, 2.45) is 0 Å². The van der Waals surface area contributed by atoms with E-state index in [0.29, 0.717) is 24.5 Å². The molecule has 1 saturated heterocycles. The van der Waals surface area contributed by atoms with E-state index in [1.165, 1.54) is 17.5 Å². The fourth-order valence-corrected chi connectivity index (χ4v) is 3.31. The Morgan fingerprint density at radius 3 is 2.22 bits per heavy atom. The van der Waals surface area contributed by atoms with Crippen LogP contribution < -0.4 is 14.5 Å². The first-order valence-electron chi connectivity index (χ1n) is 9.09. The van der Waals surface area contributed by atoms with E-state index in [-0.39, 0.29) is 18.4 Å². The number of anilines is 2. The fourth-order valence-electron chi connectivity index (χ4n) is 3.31. The van der Waals surface area contributed by atoms with Crippen LogP contribution in [0.2, 0.25) is 0 Å². The third kappa shape index (κ3) is 4.39. The van der Waals surface area contributed by atoms with Crippen molar-refractivity contribution in [3.63, 3.8) is 0 Å². The highest BCUT2D eigenvalue weighted by Gasteiger charge is 2.25. The molecule has 142 valence electrons. The van der Waals surface area contributed by atoms with Crippen LogP contribution in [0, 0.1) is 0 Å². The summed E-state index contributed by atoms with van der Waals surface area (Å²) >= 11 is 0. The Morgan fingerprint density at radius 2 is 1.59 bits per heavy atom. The van der Waals surface area contributed by atoms with Crippen molar-refractivity contribution in [3.8, 4) is 5.75 Å². The van der Waals surface area contributed by atoms with Crippen LogP contribution in [0.4, 0.5) is 11.4 Å². The maximum absolute atomic E-state index is 12.8. The van der Waals surface area contributed by atoms with E-state index >= 15 is 0 Å². The largest absolute Gasteiger partial charge is 0.495 e. The number of methoxy groups -OCH3 is 1. The molecule has 3 rings (SSSR count). The number of carbonyl (C=O) groups is 2. The molecule has 0 atom stereocenters. The van der Waals surface area contributed by atoms with Crippen molar-refractivity contribution in [2.75, 3.05) is 49.6 Å². The summed E-state index contributed by atoms with van der Waals surface area (Å²) in [6.45, 7) is 4.33. The molecule has 1 aliphatic heterocycles. The van der Waals surface area contributed by atoms with Gasteiger partial charge in [-0.25, -0.2) is 0 Å². The van der Waals surface area contributed by atoms with E-state index in [4.69, 9.17) is 4.74 Å². The molecule has 6 nitrogen and oxygen atoms in total. The molecule has 0 bridgehead atoms. The zero-order chi connectivity index (χ0) is 19.2. The Kier molecular flexibility index (Phi) is 5.96. The number of rotatable bonds is 5. The summed E-state index contributed by atoms with van der Waals surface area (Å²) in [5.41, 5.74) is 1.78. The average molecular weight is 367 g/mol. The Morgan fingerprint density at radius 1 is 0.963 bits per heavy atom. The number of para-hydroxylation sites is 3. The highest BCUT2D eigenvalue weighted by molar-refractivity contribution is 5.98. The number of benzene rings is 2. The van der Waals surface area contributed by atoms with Crippen molar-refractivity contribution >= 4 is 23.2 Å². The lowest BCUT2D eigenvalue weighted by Crippen LogP contribution is -2.51. The molecule has 0 spiro atoms. The molecule has 2 aromatic carbocycles. The molecule has 1 aliphatic rings. The highest BCUT2D eigenvalue weighted by Crippen LogP contribution is 2.28. The zero-order valence-electron chi connectivity index (χ0n) is 15.8. The first-order valence-corrected chi connectivity index (χ1v) is 9.09. The van der Waals surface area contributed by atoms with Gasteiger partial charge in [-0.1, -0.05) is 30.3 Å². The van der Waals surface area contributed by atoms with Crippen LogP contribution in [0.25, 0.3) is 0 Å². The predicted octanol–water partition coefficient (Wildman–Crippen LogP) is 2.40. The summed E-state index contributed by atoms with van der Waals surface area (Å²) in [4.78, 5) is 30.5. The Balaban J connectivity index is 1.64. The Bertz CT molecular complexity index is 786. The molecule has 2 aromatic rings. The minimum Gasteiger partial charge on any atom is -0.495 e. The standard InChI is InChI=1S/C21H25N3O3/c1-17(25)24(19-10-6-7-11-20(19)27-2)16-21(26)23-14-12-22(13-15-23)18-8-4-3-5-9-18/h3-11H,12-16H2,1-2H3. The number of hydrogen-bond donors (Lipinski definition) is 0. The van der Waals surface area contributed by atoms with E-state index in [0.717, 1.165) is 13.1 Å². The molecule has 0 aliphatic carbocycles. The van der Waals surface area contributed by atoms with Gasteiger partial charge in [0.05, 0.1) is 12.8 Å². The Labute approximate surface area is 159 Å². The van der Waals surface area contributed by atoms with Gasteiger partial charge in [0, 0.05) is 38.8 Å². The lowest BCUT2D eigenvalue weighted by Gasteiger charge is -2.37. The first kappa shape index (κ1) is 18.8. The summed E-state index contributed by atoms with van der Waals surface area (Å²) in [5.74, 6) is 0.342. The summed E-state index contributed by atoms with van der Waals surface area (Å²) in [7, 11) is 1.56. The minimum atomic E-state index is -0.184. The molecule has 6 heteroatoms. The minimum absolute atomic E-state index is 0.0149. The van der Waals surface area contributed by atoms with Crippen molar-refractivity contribution < 1.29 is 14.3 Å². The molecule has 0 N–H and O–H groups in total. The maximum atomic E-state index is 12.8. The second-order valence-electron chi connectivity index (χ2n) is 6.48. The fraction of sp³-hybridized carbons (Fsp3) is 0.333. The van der Waals surface area contributed by atoms with Crippen LogP contribution in [0.15, 0.2) is 54.6 Å². The number of amides is 2. The van der Waals surface area contributed by atoms with Gasteiger partial charge >= 0.3 is 0 Å². The van der Waals surface area contributed by atoms with Crippen LogP contribution in [-0.2, 0) is 9.59 Å². The topological polar surface area (TPSA) is 53.1 Å². The molecule has 0 saturated carbocycles. The molecule has 1 fully saturated rings. The Hall–Kier alpha value is -3.02. The monoisotopic (exact) mass is 367 g/mol. The lowest BCUT2D eigenvalue weighted by molar-refractivity contribution is -0.131. The van der Waals surface area contributed by atoms with Crippen molar-refractivity contribution in [1.82, 2.24) is 4.90 Å². The second-order valence-corrected chi connectivity index (χ2v) is 6.48. The smallest absolute Gasteiger partial charge is 0.242 e. The molecule has 27 heavy (non-hydrogen) atoms. The van der Waals surface area contributed by atoms with Crippen LogP contribution in [-0.4, -0.2) is 56.5 Å². The molecule has 0 unspecified atom stereocenters. The van der Waals surface area contributed by atoms with Gasteiger partial charge in [-0.2, -0.15) is 0 Å². The molecular formula is C21H25N3O3. The van der Waals surface area contributed by atoms with E-state index < -0.39 is 0 Å². The van der Waals surface area contributed by atoms with E-state index in [1.54, 1.807) is 19.2 Å². The number of carbonyl (C=O) groups excluding carboxylic acids is 2. The second kappa shape index (κ2) is 8.58. The molecular weight excluding hydrogens is 342 g/mol. The summed E-state index contributed by atoms with van der Waals surface area (Å²) < 4.78 is 5.34. The SMILES string of the molecule is COc1ccccc1N(CC(=O)N1CCN(c2ccccc2)CC1)C(C)=O. The van der Waals surface area contributed by atoms with Crippen LogP contribution >= 0.6 is 0 Å². The lowest BCUT2D eigenvalue weighted by atomic mass is 10.2. The normalized spacial score (nSPS) is 14.0. The molecule has 0 radical (unpaired) electrons. The summed E-state index contributed by atoms with van der Waals surface area (Å²) in [6, 6.07) is 17.4. The highest BCUT2D eigenvalue weighted by atomic mass is 16.5. The summed E-state index contributed by atoms with van der Waals surface area (Å²) in [6.07, 6.45) is 0. The van der Waals surface area contributed by atoms with Gasteiger partial charge in [0.15, 0.2) is 0 Å². The number of nitrogens with zero attached hydrogens (tertiary/aromatic N) is 3. The van der Waals surface area contributed by atoms with Gasteiger partial charge in [-0.05, 0) is 24.3 Å². The predicted molar refractivity (Wildman–Crippen MR) is 106 cm³/mol. The maximum Gasteiger partial charge on any atom is 0.242 e. The van der Waals surface area contributed by atoms with Gasteiger partial charge in [0.25, 0.3) is 0 Å². The van der Waals surface area contributed by atoms with Crippen molar-refractivity contribution in [3.05, 3.63) is 54.6 Å². The van der Waals surface area contributed by atoms with Crippen molar-refractivity contribution in [1.29, 1.82) is 0 Å². The number of piperazine rings is 1. The quantitative estimate of drug-likeness (QED) is 0.814. The molecule has 0 aromatic heterocycles. The van der Waals surface area contributed by atoms with Crippen LogP contribution in [0.3, 0.4) is 0 Å². The third-order valence-electron chi connectivity index (χ3n) is 4.80. The van der Waals surface area contributed by atoms with Gasteiger partial charge in [-0.3, -0.25) is 14.5 Å². The number of hydrogen-bond acceptors (Lipinski definition) is 4. The summed E-state index contributed by atoms with van der Waals surface area (Å²) in [5, 5.41) is 0. The van der Waals surface area contributed by atoms with Crippen molar-refractivity contribution in [2.45, 2.75) is 6.92 Å². The van der Waals surface area contributed by atoms with Gasteiger partial charge in [-0.15, -0.1) is 0 Å². The third-order valence-corrected chi connectivity index (χ3v) is 4.80. The van der Waals surface area contributed by atoms with E-state index in [1.807, 2.05) is 35.2 Å². The van der Waals surface area contributed by atoms with E-state index in [2.05, 4.69) is 17.0 Å². The van der Waals surface area contributed by atoms with E-state index in [9.17, 15) is 9.59 Å². The van der Waals surface area contributed by atoms with Gasteiger partial charge < -0.3 is 14.5 Å². The van der Waals surface area contributed by atoms with Crippen LogP contribution in [0.5, 0.6) is 5.75 Å². The van der Waals surface area contributed by atoms with Gasteiger partial charge in [0.1, 0.15) is 12.3 Å². The molecule has 2 amide bonds. The van der Waals surface area contributed by atoms with Gasteiger partial charge in [0.2, 0.25) is 11.8 Å². The van der Waals surface area contributed by atoms with Crippen LogP contribution in [0.1, 0.15) is 6.92 Å². The zero-order valence-corrected chi connectivity index (χ0v) is 15.8. The number of ether oxygens (including phenoxy) is 1. The average Bonchev–Trinajstić information content (AvgIpc) is 2.72. The molecule has 1 heterocycles.